The fourth-order valence-electron chi connectivity index (χ4n) is 2.76. The second-order valence-electron chi connectivity index (χ2n) is 5.45. The Balaban J connectivity index is 2.53. The molecule has 3 atom stereocenters. The van der Waals surface area contributed by atoms with Gasteiger partial charge in [-0.1, -0.05) is 53.0 Å². The van der Waals surface area contributed by atoms with Crippen molar-refractivity contribution in [3.8, 4) is 5.75 Å². The van der Waals surface area contributed by atoms with Crippen LogP contribution >= 0.6 is 34.8 Å². The van der Waals surface area contributed by atoms with Crippen LogP contribution in [0.25, 0.3) is 0 Å². The molecule has 0 radical (unpaired) electrons. The van der Waals surface area contributed by atoms with Gasteiger partial charge in [0.1, 0.15) is 5.75 Å². The first-order chi connectivity index (χ1) is 11.1. The monoisotopic (exact) mass is 393 g/mol. The number of carbonyl (C=O) groups is 1. The molecule has 6 nitrogen and oxygen atoms in total. The number of fused-ring (bicyclic) bond motifs is 1. The maximum Gasteiger partial charge on any atom is 0.260 e. The molecule has 0 fully saturated rings. The molecule has 9 heteroatoms. The van der Waals surface area contributed by atoms with E-state index in [9.17, 15) is 20.0 Å². The summed E-state index contributed by atoms with van der Waals surface area (Å²) < 4.78 is 3.52. The Morgan fingerprint density at radius 1 is 1.42 bits per heavy atom. The molecule has 1 aliphatic heterocycles. The predicted molar refractivity (Wildman–Crippen MR) is 90.7 cm³/mol. The zero-order chi connectivity index (χ0) is 18.1. The number of para-hydroxylation sites is 1. The molecule has 0 aromatic heterocycles. The first-order valence-corrected chi connectivity index (χ1v) is 8.10. The molecule has 0 unspecified atom stereocenters. The number of allylic oxidation sites excluding steroid dienone is 2. The van der Waals surface area contributed by atoms with E-state index >= 15 is 0 Å². The number of nitrogens with zero attached hydrogens (tertiary/aromatic N) is 1. The molecule has 0 amide bonds. The summed E-state index contributed by atoms with van der Waals surface area (Å²) in [6.45, 7) is 1.27. The Labute approximate surface area is 153 Å². The minimum Gasteiger partial charge on any atom is -0.512 e. The summed E-state index contributed by atoms with van der Waals surface area (Å²) >= 11 is 17.6. The summed E-state index contributed by atoms with van der Waals surface area (Å²) in [6.07, 6.45) is -0.482. The number of alkyl halides is 3. The first kappa shape index (κ1) is 18.8. The van der Waals surface area contributed by atoms with Gasteiger partial charge >= 0.3 is 0 Å². The standard InChI is InChI=1S/C15H14Cl3NO5/c1-8(20)6-9(21)7-11-10-4-2-3-5-12(10)24-14(15(16,17)18)13(11)19(22)23/h2-6,11,13-14,21H,7H2,1H3/b9-6+/t11-,13+,14-/m1/s1. The van der Waals surface area contributed by atoms with Crippen LogP contribution in [0.2, 0.25) is 0 Å². The molecular formula is C15H14Cl3NO5. The number of nitro groups is 1. The van der Waals surface area contributed by atoms with Gasteiger partial charge in [0.15, 0.2) is 5.78 Å². The minimum atomic E-state index is -2.04. The highest BCUT2D eigenvalue weighted by atomic mass is 35.6. The fourth-order valence-corrected chi connectivity index (χ4v) is 3.28. The van der Waals surface area contributed by atoms with Crippen molar-refractivity contribution in [2.24, 2.45) is 0 Å². The second kappa shape index (κ2) is 7.17. The summed E-state index contributed by atoms with van der Waals surface area (Å²) in [5.41, 5.74) is 0.508. The highest BCUT2D eigenvalue weighted by Gasteiger charge is 2.55. The second-order valence-corrected chi connectivity index (χ2v) is 7.82. The fraction of sp³-hybridized carbons (Fsp3) is 0.400. The lowest BCUT2D eigenvalue weighted by atomic mass is 9.82. The van der Waals surface area contributed by atoms with Crippen molar-refractivity contribution >= 4 is 40.6 Å². The predicted octanol–water partition coefficient (Wildman–Crippen LogP) is 3.97. The normalized spacial score (nSPS) is 24.0. The lowest BCUT2D eigenvalue weighted by Gasteiger charge is -2.37. The van der Waals surface area contributed by atoms with Gasteiger partial charge in [-0.05, 0) is 13.0 Å². The third-order valence-electron chi connectivity index (χ3n) is 3.66. The van der Waals surface area contributed by atoms with Gasteiger partial charge in [0, 0.05) is 23.0 Å². The minimum absolute atomic E-state index is 0.150. The van der Waals surface area contributed by atoms with E-state index < -0.39 is 26.8 Å². The molecule has 2 rings (SSSR count). The zero-order valence-electron chi connectivity index (χ0n) is 12.5. The average molecular weight is 395 g/mol. The molecule has 130 valence electrons. The molecule has 24 heavy (non-hydrogen) atoms. The molecular weight excluding hydrogens is 381 g/mol. The Bertz CT molecular complexity index is 686. The zero-order valence-corrected chi connectivity index (χ0v) is 14.8. The molecule has 1 aromatic carbocycles. The summed E-state index contributed by atoms with van der Waals surface area (Å²) in [4.78, 5) is 22.1. The summed E-state index contributed by atoms with van der Waals surface area (Å²) in [7, 11) is 0. The summed E-state index contributed by atoms with van der Waals surface area (Å²) in [5.74, 6) is -1.13. The number of hydrogen-bond acceptors (Lipinski definition) is 5. The van der Waals surface area contributed by atoms with Crippen LogP contribution in [0.5, 0.6) is 5.75 Å². The van der Waals surface area contributed by atoms with Gasteiger partial charge < -0.3 is 9.84 Å². The van der Waals surface area contributed by atoms with Crippen molar-refractivity contribution in [3.63, 3.8) is 0 Å². The molecule has 0 aliphatic carbocycles. The van der Waals surface area contributed by atoms with Crippen molar-refractivity contribution in [2.75, 3.05) is 0 Å². The lowest BCUT2D eigenvalue weighted by Crippen LogP contribution is -2.52. The maximum absolute atomic E-state index is 11.6. The van der Waals surface area contributed by atoms with Gasteiger partial charge in [0.2, 0.25) is 9.90 Å². The van der Waals surface area contributed by atoms with Gasteiger partial charge in [-0.2, -0.15) is 0 Å². The molecule has 0 spiro atoms. The number of aliphatic hydroxyl groups is 1. The van der Waals surface area contributed by atoms with E-state index in [1.54, 1.807) is 24.3 Å². The number of ether oxygens (including phenoxy) is 1. The molecule has 1 aromatic rings. The van der Waals surface area contributed by atoms with Gasteiger partial charge in [-0.3, -0.25) is 14.9 Å². The van der Waals surface area contributed by atoms with Gasteiger partial charge in [0.25, 0.3) is 6.04 Å². The topological polar surface area (TPSA) is 89.7 Å². The van der Waals surface area contributed by atoms with E-state index in [0.29, 0.717) is 11.3 Å². The highest BCUT2D eigenvalue weighted by molar-refractivity contribution is 6.68. The number of benzene rings is 1. The Morgan fingerprint density at radius 2 is 2.04 bits per heavy atom. The Hall–Kier alpha value is -1.50. The number of hydrogen-bond donors (Lipinski definition) is 1. The molecule has 0 saturated heterocycles. The summed E-state index contributed by atoms with van der Waals surface area (Å²) in [5, 5.41) is 21.6. The van der Waals surface area contributed by atoms with Gasteiger partial charge in [0.05, 0.1) is 11.7 Å². The third kappa shape index (κ3) is 4.12. The van der Waals surface area contributed by atoms with E-state index in [1.807, 2.05) is 0 Å². The number of aliphatic hydroxyl groups excluding tert-OH is 1. The molecule has 1 aliphatic rings. The van der Waals surface area contributed by atoms with Crippen LogP contribution < -0.4 is 4.74 Å². The third-order valence-corrected chi connectivity index (χ3v) is 4.31. The highest BCUT2D eigenvalue weighted by Crippen LogP contribution is 2.47. The van der Waals surface area contributed by atoms with E-state index in [-0.39, 0.29) is 18.0 Å². The number of halogens is 3. The van der Waals surface area contributed by atoms with E-state index in [0.717, 1.165) is 6.08 Å². The SMILES string of the molecule is CC(=O)/C=C(/O)C[C@@H]1c2ccccc2O[C@@H](C(Cl)(Cl)Cl)[C@H]1[N+](=O)[O-]. The van der Waals surface area contributed by atoms with Crippen LogP contribution in [0.3, 0.4) is 0 Å². The van der Waals surface area contributed by atoms with Crippen LogP contribution in [-0.4, -0.2) is 31.8 Å². The number of carbonyl (C=O) groups excluding carboxylic acids is 1. The number of rotatable bonds is 4. The van der Waals surface area contributed by atoms with Crippen LogP contribution in [0, 0.1) is 10.1 Å². The lowest BCUT2D eigenvalue weighted by molar-refractivity contribution is -0.538. The van der Waals surface area contributed by atoms with E-state index in [2.05, 4.69) is 0 Å². The van der Waals surface area contributed by atoms with Crippen molar-refractivity contribution < 1.29 is 19.6 Å². The van der Waals surface area contributed by atoms with Crippen molar-refractivity contribution in [1.82, 2.24) is 0 Å². The molecule has 1 heterocycles. The molecule has 1 N–H and O–H groups in total. The van der Waals surface area contributed by atoms with Crippen LogP contribution in [0.1, 0.15) is 24.8 Å². The largest absolute Gasteiger partial charge is 0.512 e. The smallest absolute Gasteiger partial charge is 0.260 e. The van der Waals surface area contributed by atoms with Crippen molar-refractivity contribution in [1.29, 1.82) is 0 Å². The Kier molecular flexibility index (Phi) is 5.63. The van der Waals surface area contributed by atoms with Crippen LogP contribution in [-0.2, 0) is 4.79 Å². The van der Waals surface area contributed by atoms with Crippen molar-refractivity contribution in [2.45, 2.75) is 35.2 Å². The van der Waals surface area contributed by atoms with E-state index in [4.69, 9.17) is 39.5 Å². The average Bonchev–Trinajstić information content (AvgIpc) is 2.44. The van der Waals surface area contributed by atoms with E-state index in [1.165, 1.54) is 6.92 Å². The quantitative estimate of drug-likeness (QED) is 0.274. The van der Waals surface area contributed by atoms with Gasteiger partial charge in [-0.25, -0.2) is 0 Å². The number of ketones is 1. The maximum atomic E-state index is 11.6. The van der Waals surface area contributed by atoms with Gasteiger partial charge in [-0.15, -0.1) is 0 Å². The van der Waals surface area contributed by atoms with Crippen molar-refractivity contribution in [3.05, 3.63) is 51.8 Å². The van der Waals surface area contributed by atoms with Crippen LogP contribution in [0.4, 0.5) is 0 Å². The van der Waals surface area contributed by atoms with Crippen LogP contribution in [0.15, 0.2) is 36.1 Å². The summed E-state index contributed by atoms with van der Waals surface area (Å²) in [6, 6.07) is 5.21. The first-order valence-electron chi connectivity index (χ1n) is 6.97. The molecule has 0 bridgehead atoms. The molecule has 0 saturated carbocycles. The Morgan fingerprint density at radius 3 is 2.58 bits per heavy atom.